The molecule has 0 atom stereocenters. The van der Waals surface area contributed by atoms with E-state index in [2.05, 4.69) is 15.5 Å². The molecular weight excluding hydrogens is 508 g/mol. The fourth-order valence-electron chi connectivity index (χ4n) is 5.40. The molecule has 0 unspecified atom stereocenters. The summed E-state index contributed by atoms with van der Waals surface area (Å²) in [5.74, 6) is -1.25. The van der Waals surface area contributed by atoms with E-state index in [1.54, 1.807) is 6.07 Å². The molecule has 3 heterocycles. The number of fused-ring (bicyclic) bond motifs is 2. The van der Waals surface area contributed by atoms with Crippen LogP contribution in [-0.4, -0.2) is 65.5 Å². The lowest BCUT2D eigenvalue weighted by atomic mass is 9.98. The van der Waals surface area contributed by atoms with Crippen LogP contribution in [0.2, 0.25) is 0 Å². The Bertz CT molecular complexity index is 1540. The van der Waals surface area contributed by atoms with Crippen molar-refractivity contribution in [3.05, 3.63) is 94.0 Å². The van der Waals surface area contributed by atoms with Gasteiger partial charge in [0, 0.05) is 37.4 Å². The van der Waals surface area contributed by atoms with Gasteiger partial charge in [0.2, 0.25) is 5.91 Å². The Balaban J connectivity index is 1.30. The zero-order valence-electron chi connectivity index (χ0n) is 22.2. The van der Waals surface area contributed by atoms with Crippen LogP contribution in [0.15, 0.2) is 60.7 Å². The van der Waals surface area contributed by atoms with Gasteiger partial charge >= 0.3 is 5.97 Å². The van der Waals surface area contributed by atoms with Crippen LogP contribution in [0, 0.1) is 6.92 Å². The minimum atomic E-state index is -1.05. The molecule has 0 radical (unpaired) electrons. The van der Waals surface area contributed by atoms with Crippen LogP contribution in [-0.2, 0) is 27.4 Å². The molecular formula is C31H30N4O5. The molecule has 3 aromatic rings. The van der Waals surface area contributed by atoms with Gasteiger partial charge in [-0.15, -0.1) is 0 Å². The third-order valence-corrected chi connectivity index (χ3v) is 7.61. The first-order valence-corrected chi connectivity index (χ1v) is 13.3. The standard InChI is InChI=1S/C31H30N4O5/c1-19-2-4-20(5-3-19)29(28-25-9-7-21(31(38)39)15-26(25)33-30(28)37)32-24-8-6-22-16-35(17-23(22)14-24)27(36)18-34-10-12-40-13-11-34/h2-9,14-15,32H,10-13,16-18H2,1H3,(H,33,37)(H,38,39)/b29-28-. The number of aromatic carboxylic acids is 1. The third-order valence-electron chi connectivity index (χ3n) is 7.61. The van der Waals surface area contributed by atoms with E-state index in [4.69, 9.17) is 4.74 Å². The van der Waals surface area contributed by atoms with Gasteiger partial charge in [-0.2, -0.15) is 0 Å². The lowest BCUT2D eigenvalue weighted by Gasteiger charge is -2.27. The number of hydrogen-bond acceptors (Lipinski definition) is 6. The van der Waals surface area contributed by atoms with Gasteiger partial charge < -0.3 is 25.4 Å². The average molecular weight is 539 g/mol. The number of carbonyl (C=O) groups is 3. The van der Waals surface area contributed by atoms with Gasteiger partial charge in [-0.05, 0) is 47.9 Å². The first-order chi connectivity index (χ1) is 19.4. The van der Waals surface area contributed by atoms with E-state index in [1.165, 1.54) is 12.1 Å². The van der Waals surface area contributed by atoms with Crippen LogP contribution in [0.4, 0.5) is 11.4 Å². The van der Waals surface area contributed by atoms with Crippen molar-refractivity contribution in [1.29, 1.82) is 0 Å². The molecule has 0 aliphatic carbocycles. The van der Waals surface area contributed by atoms with Gasteiger partial charge in [-0.3, -0.25) is 14.5 Å². The van der Waals surface area contributed by atoms with Gasteiger partial charge in [0.15, 0.2) is 0 Å². The molecule has 9 nitrogen and oxygen atoms in total. The second-order valence-corrected chi connectivity index (χ2v) is 10.4. The van der Waals surface area contributed by atoms with E-state index >= 15 is 0 Å². The maximum Gasteiger partial charge on any atom is 0.335 e. The number of benzene rings is 3. The number of carboxylic acids is 1. The predicted molar refractivity (Wildman–Crippen MR) is 152 cm³/mol. The van der Waals surface area contributed by atoms with Crippen molar-refractivity contribution in [3.63, 3.8) is 0 Å². The number of nitrogens with one attached hydrogen (secondary N) is 2. The fourth-order valence-corrected chi connectivity index (χ4v) is 5.40. The summed E-state index contributed by atoms with van der Waals surface area (Å²) in [6.45, 7) is 6.36. The summed E-state index contributed by atoms with van der Waals surface area (Å²) in [4.78, 5) is 41.7. The maximum atomic E-state index is 13.2. The summed E-state index contributed by atoms with van der Waals surface area (Å²) >= 11 is 0. The normalized spacial score (nSPS) is 17.7. The topological polar surface area (TPSA) is 111 Å². The van der Waals surface area contributed by atoms with Crippen molar-refractivity contribution in [2.24, 2.45) is 0 Å². The smallest absolute Gasteiger partial charge is 0.335 e. The second kappa shape index (κ2) is 10.6. The Morgan fingerprint density at radius 2 is 1.68 bits per heavy atom. The highest BCUT2D eigenvalue weighted by Crippen LogP contribution is 2.38. The number of carboxylic acid groups (broad SMARTS) is 1. The molecule has 0 aromatic heterocycles. The number of anilines is 2. The van der Waals surface area contributed by atoms with Gasteiger partial charge in [-0.25, -0.2) is 4.79 Å². The van der Waals surface area contributed by atoms with Gasteiger partial charge in [0.25, 0.3) is 5.91 Å². The van der Waals surface area contributed by atoms with E-state index in [0.29, 0.717) is 55.4 Å². The molecule has 0 bridgehead atoms. The SMILES string of the molecule is Cc1ccc(/C(Nc2ccc3c(c2)CN(C(=O)CN2CCOCC2)C3)=C2/C(=O)Nc3cc(C(=O)O)ccc32)cc1. The monoisotopic (exact) mass is 538 g/mol. The first kappa shape index (κ1) is 25.8. The van der Waals surface area contributed by atoms with Gasteiger partial charge in [-0.1, -0.05) is 42.0 Å². The maximum absolute atomic E-state index is 13.2. The Kier molecular flexibility index (Phi) is 6.83. The highest BCUT2D eigenvalue weighted by Gasteiger charge is 2.30. The molecule has 3 aromatic carbocycles. The summed E-state index contributed by atoms with van der Waals surface area (Å²) in [6.07, 6.45) is 0. The zero-order chi connectivity index (χ0) is 27.8. The molecule has 1 saturated heterocycles. The van der Waals surface area contributed by atoms with Crippen LogP contribution < -0.4 is 10.6 Å². The van der Waals surface area contributed by atoms with Crippen LogP contribution in [0.25, 0.3) is 11.3 Å². The minimum absolute atomic E-state index is 0.107. The summed E-state index contributed by atoms with van der Waals surface area (Å²) in [5.41, 5.74) is 7.17. The molecule has 6 rings (SSSR count). The quantitative estimate of drug-likeness (QED) is 0.410. The predicted octanol–water partition coefficient (Wildman–Crippen LogP) is 3.80. The molecule has 1 fully saturated rings. The van der Waals surface area contributed by atoms with E-state index in [1.807, 2.05) is 54.3 Å². The van der Waals surface area contributed by atoms with E-state index < -0.39 is 5.97 Å². The molecule has 3 N–H and O–H groups in total. The van der Waals surface area contributed by atoms with Gasteiger partial charge in [0.1, 0.15) is 0 Å². The number of carbonyl (C=O) groups excluding carboxylic acids is 2. The number of morpholine rings is 1. The highest BCUT2D eigenvalue weighted by molar-refractivity contribution is 6.37. The molecule has 3 aliphatic heterocycles. The average Bonchev–Trinajstić information content (AvgIpc) is 3.52. The fraction of sp³-hybridized carbons (Fsp3) is 0.258. The Labute approximate surface area is 232 Å². The lowest BCUT2D eigenvalue weighted by Crippen LogP contribution is -2.43. The van der Waals surface area contributed by atoms with Crippen molar-refractivity contribution in [3.8, 4) is 0 Å². The van der Waals surface area contributed by atoms with E-state index in [-0.39, 0.29) is 17.4 Å². The molecule has 0 spiro atoms. The van der Waals surface area contributed by atoms with Crippen molar-refractivity contribution in [2.45, 2.75) is 20.0 Å². The molecule has 2 amide bonds. The van der Waals surface area contributed by atoms with Crippen LogP contribution >= 0.6 is 0 Å². The van der Waals surface area contributed by atoms with Crippen LogP contribution in [0.5, 0.6) is 0 Å². The summed E-state index contributed by atoms with van der Waals surface area (Å²) < 4.78 is 5.39. The second-order valence-electron chi connectivity index (χ2n) is 10.4. The molecule has 9 heteroatoms. The summed E-state index contributed by atoms with van der Waals surface area (Å²) in [6, 6.07) is 18.6. The largest absolute Gasteiger partial charge is 0.478 e. The molecule has 204 valence electrons. The van der Waals surface area contributed by atoms with Crippen molar-refractivity contribution < 1.29 is 24.2 Å². The number of ether oxygens (including phenoxy) is 1. The van der Waals surface area contributed by atoms with Crippen molar-refractivity contribution in [1.82, 2.24) is 9.80 Å². The summed E-state index contributed by atoms with van der Waals surface area (Å²) in [7, 11) is 0. The first-order valence-electron chi connectivity index (χ1n) is 13.3. The lowest BCUT2D eigenvalue weighted by molar-refractivity contribution is -0.134. The van der Waals surface area contributed by atoms with Gasteiger partial charge in [0.05, 0.1) is 42.3 Å². The Hall–Kier alpha value is -4.47. The number of aryl methyl sites for hydroxylation is 1. The number of amides is 2. The highest BCUT2D eigenvalue weighted by atomic mass is 16.5. The van der Waals surface area contributed by atoms with Crippen LogP contribution in [0.3, 0.4) is 0 Å². The van der Waals surface area contributed by atoms with E-state index in [0.717, 1.165) is 41.0 Å². The Morgan fingerprint density at radius 1 is 0.950 bits per heavy atom. The minimum Gasteiger partial charge on any atom is -0.478 e. The number of nitrogens with zero attached hydrogens (tertiary/aromatic N) is 2. The molecule has 40 heavy (non-hydrogen) atoms. The Morgan fingerprint density at radius 3 is 2.42 bits per heavy atom. The number of rotatable bonds is 6. The zero-order valence-corrected chi connectivity index (χ0v) is 22.2. The molecule has 3 aliphatic rings. The van der Waals surface area contributed by atoms with Crippen LogP contribution in [0.1, 0.15) is 38.2 Å². The van der Waals surface area contributed by atoms with E-state index in [9.17, 15) is 19.5 Å². The van der Waals surface area contributed by atoms with Crippen molar-refractivity contribution >= 4 is 40.4 Å². The number of hydrogen-bond donors (Lipinski definition) is 3. The molecule has 0 saturated carbocycles. The summed E-state index contributed by atoms with van der Waals surface area (Å²) in [5, 5.41) is 15.7. The van der Waals surface area contributed by atoms with Crippen molar-refractivity contribution in [2.75, 3.05) is 43.5 Å². The third kappa shape index (κ3) is 5.09.